The molecule has 164 valence electrons. The largest absolute Gasteiger partial charge is 0.342 e. The van der Waals surface area contributed by atoms with E-state index in [-0.39, 0.29) is 0 Å². The molecule has 1 aliphatic carbocycles. The summed E-state index contributed by atoms with van der Waals surface area (Å²) in [5.74, 6) is 2.39. The van der Waals surface area contributed by atoms with Gasteiger partial charge in [-0.05, 0) is 38.7 Å². The SMILES string of the molecule is Cc1nn2c([C@H]3CCN(C(=O)CCC4CCCC4)C3)ccnc2c1Cn1ccnc1C. The standard InChI is InChI=1S/C24H32N6O/c1-17-21(16-28-14-12-25-18(28)2)24-26-11-9-22(30(24)27-17)20-10-13-29(15-20)23(31)8-7-19-5-3-4-6-19/h9,11-12,14,19-20H,3-8,10,13,15-16H2,1-2H3/t20-/m0/s1. The van der Waals surface area contributed by atoms with Crippen LogP contribution in [0.5, 0.6) is 0 Å². The van der Waals surface area contributed by atoms with E-state index in [0.717, 1.165) is 60.3 Å². The zero-order valence-corrected chi connectivity index (χ0v) is 18.6. The van der Waals surface area contributed by atoms with Gasteiger partial charge in [0.15, 0.2) is 5.65 Å². The van der Waals surface area contributed by atoms with Gasteiger partial charge in [-0.1, -0.05) is 25.7 Å². The number of aromatic nitrogens is 5. The number of amides is 1. The Bertz CT molecular complexity index is 1080. The van der Waals surface area contributed by atoms with E-state index in [9.17, 15) is 4.79 Å². The van der Waals surface area contributed by atoms with Gasteiger partial charge in [0, 0.05) is 49.6 Å². The highest BCUT2D eigenvalue weighted by Gasteiger charge is 2.30. The molecule has 7 heteroatoms. The van der Waals surface area contributed by atoms with Crippen molar-refractivity contribution >= 4 is 11.6 Å². The number of nitrogens with zero attached hydrogens (tertiary/aromatic N) is 6. The van der Waals surface area contributed by atoms with Crippen LogP contribution in [0.1, 0.15) is 73.6 Å². The van der Waals surface area contributed by atoms with Gasteiger partial charge in [0.25, 0.3) is 0 Å². The number of fused-ring (bicyclic) bond motifs is 1. The monoisotopic (exact) mass is 420 g/mol. The Labute approximate surface area is 183 Å². The maximum absolute atomic E-state index is 12.8. The van der Waals surface area contributed by atoms with Crippen LogP contribution in [0.25, 0.3) is 5.65 Å². The Kier molecular flexibility index (Phi) is 5.50. The molecule has 2 aliphatic rings. The van der Waals surface area contributed by atoms with Crippen molar-refractivity contribution in [3.63, 3.8) is 0 Å². The average Bonchev–Trinajstić information content (AvgIpc) is 3.55. The predicted octanol–water partition coefficient (Wildman–Crippen LogP) is 3.88. The number of rotatable bonds is 6. The van der Waals surface area contributed by atoms with Gasteiger partial charge in [0.05, 0.1) is 17.9 Å². The van der Waals surface area contributed by atoms with E-state index < -0.39 is 0 Å². The van der Waals surface area contributed by atoms with Crippen LogP contribution in [0.2, 0.25) is 0 Å². The van der Waals surface area contributed by atoms with Gasteiger partial charge < -0.3 is 9.47 Å². The molecular weight excluding hydrogens is 388 g/mol. The number of carbonyl (C=O) groups is 1. The van der Waals surface area contributed by atoms with E-state index in [1.54, 1.807) is 0 Å². The van der Waals surface area contributed by atoms with E-state index in [1.807, 2.05) is 37.0 Å². The van der Waals surface area contributed by atoms with E-state index in [4.69, 9.17) is 5.10 Å². The molecule has 0 radical (unpaired) electrons. The highest BCUT2D eigenvalue weighted by molar-refractivity contribution is 5.76. The highest BCUT2D eigenvalue weighted by Crippen LogP contribution is 2.31. The summed E-state index contributed by atoms with van der Waals surface area (Å²) in [5.41, 5.74) is 4.20. The highest BCUT2D eigenvalue weighted by atomic mass is 16.2. The molecule has 0 bridgehead atoms. The summed E-state index contributed by atoms with van der Waals surface area (Å²) < 4.78 is 4.13. The van der Waals surface area contributed by atoms with E-state index in [2.05, 4.69) is 25.5 Å². The summed E-state index contributed by atoms with van der Waals surface area (Å²) in [6.07, 6.45) is 13.8. The molecule has 31 heavy (non-hydrogen) atoms. The quantitative estimate of drug-likeness (QED) is 0.607. The normalized spacial score (nSPS) is 19.7. The van der Waals surface area contributed by atoms with Crippen LogP contribution in [-0.4, -0.2) is 48.0 Å². The Morgan fingerprint density at radius 3 is 2.74 bits per heavy atom. The molecular formula is C24H32N6O. The van der Waals surface area contributed by atoms with Crippen molar-refractivity contribution in [1.82, 2.24) is 29.0 Å². The average molecular weight is 421 g/mol. The van der Waals surface area contributed by atoms with Crippen molar-refractivity contribution in [2.24, 2.45) is 5.92 Å². The minimum absolute atomic E-state index is 0.308. The van der Waals surface area contributed by atoms with Crippen LogP contribution in [0.3, 0.4) is 0 Å². The van der Waals surface area contributed by atoms with Crippen LogP contribution in [0, 0.1) is 19.8 Å². The van der Waals surface area contributed by atoms with Gasteiger partial charge in [-0.15, -0.1) is 0 Å². The summed E-state index contributed by atoms with van der Waals surface area (Å²) in [6.45, 7) is 6.41. The second kappa shape index (κ2) is 8.44. The molecule has 2 fully saturated rings. The molecule has 3 aromatic heterocycles. The molecule has 0 aromatic carbocycles. The van der Waals surface area contributed by atoms with Crippen molar-refractivity contribution in [2.45, 2.75) is 71.3 Å². The summed E-state index contributed by atoms with van der Waals surface area (Å²) in [5, 5.41) is 4.84. The molecule has 3 aromatic rings. The first-order chi connectivity index (χ1) is 15.1. The number of carbonyl (C=O) groups excluding carboxylic acids is 1. The lowest BCUT2D eigenvalue weighted by Crippen LogP contribution is -2.28. The van der Waals surface area contributed by atoms with Crippen LogP contribution in [0.15, 0.2) is 24.7 Å². The molecule has 7 nitrogen and oxygen atoms in total. The van der Waals surface area contributed by atoms with Gasteiger partial charge in [0.1, 0.15) is 5.82 Å². The van der Waals surface area contributed by atoms with Crippen LogP contribution in [0.4, 0.5) is 0 Å². The Morgan fingerprint density at radius 2 is 1.97 bits per heavy atom. The minimum Gasteiger partial charge on any atom is -0.342 e. The van der Waals surface area contributed by atoms with Crippen LogP contribution >= 0.6 is 0 Å². The lowest BCUT2D eigenvalue weighted by Gasteiger charge is -2.18. The van der Waals surface area contributed by atoms with Gasteiger partial charge in [-0.2, -0.15) is 5.10 Å². The Hall–Kier alpha value is -2.70. The molecule has 0 N–H and O–H groups in total. The number of hydrogen-bond acceptors (Lipinski definition) is 4. The van der Waals surface area contributed by atoms with E-state index >= 15 is 0 Å². The lowest BCUT2D eigenvalue weighted by atomic mass is 10.0. The molecule has 1 aliphatic heterocycles. The maximum atomic E-state index is 12.8. The number of hydrogen-bond donors (Lipinski definition) is 0. The molecule has 0 spiro atoms. The molecule has 1 saturated carbocycles. The molecule has 4 heterocycles. The number of aryl methyl sites for hydroxylation is 2. The topological polar surface area (TPSA) is 68.3 Å². The van der Waals surface area contributed by atoms with Gasteiger partial charge in [-0.25, -0.2) is 14.5 Å². The fourth-order valence-corrected chi connectivity index (χ4v) is 5.36. The second-order valence-electron chi connectivity index (χ2n) is 9.29. The van der Waals surface area contributed by atoms with E-state index in [1.165, 1.54) is 25.7 Å². The third kappa shape index (κ3) is 3.98. The van der Waals surface area contributed by atoms with Gasteiger partial charge in [0.2, 0.25) is 5.91 Å². The summed E-state index contributed by atoms with van der Waals surface area (Å²) in [4.78, 5) is 23.8. The Morgan fingerprint density at radius 1 is 1.13 bits per heavy atom. The zero-order chi connectivity index (χ0) is 21.4. The van der Waals surface area contributed by atoms with E-state index in [0.29, 0.717) is 24.8 Å². The van der Waals surface area contributed by atoms with Crippen molar-refractivity contribution in [3.8, 4) is 0 Å². The number of imidazole rings is 1. The molecule has 1 amide bonds. The predicted molar refractivity (Wildman–Crippen MR) is 119 cm³/mol. The minimum atomic E-state index is 0.308. The fraction of sp³-hybridized carbons (Fsp3) is 0.583. The summed E-state index contributed by atoms with van der Waals surface area (Å²) in [7, 11) is 0. The number of likely N-dealkylation sites (tertiary alicyclic amines) is 1. The van der Waals surface area contributed by atoms with Crippen molar-refractivity contribution < 1.29 is 4.79 Å². The second-order valence-corrected chi connectivity index (χ2v) is 9.29. The van der Waals surface area contributed by atoms with Crippen LogP contribution in [-0.2, 0) is 11.3 Å². The maximum Gasteiger partial charge on any atom is 0.222 e. The third-order valence-corrected chi connectivity index (χ3v) is 7.30. The van der Waals surface area contributed by atoms with Crippen LogP contribution < -0.4 is 0 Å². The molecule has 5 rings (SSSR count). The molecule has 0 unspecified atom stereocenters. The smallest absolute Gasteiger partial charge is 0.222 e. The van der Waals surface area contributed by atoms with Gasteiger partial charge >= 0.3 is 0 Å². The Balaban J connectivity index is 1.32. The zero-order valence-electron chi connectivity index (χ0n) is 18.6. The molecule has 1 saturated heterocycles. The first kappa shape index (κ1) is 20.2. The lowest BCUT2D eigenvalue weighted by molar-refractivity contribution is -0.130. The first-order valence-corrected chi connectivity index (χ1v) is 11.7. The summed E-state index contributed by atoms with van der Waals surface area (Å²) >= 11 is 0. The van der Waals surface area contributed by atoms with Gasteiger partial charge in [-0.3, -0.25) is 4.79 Å². The molecule has 1 atom stereocenters. The van der Waals surface area contributed by atoms with Crippen molar-refractivity contribution in [2.75, 3.05) is 13.1 Å². The van der Waals surface area contributed by atoms with Crippen molar-refractivity contribution in [1.29, 1.82) is 0 Å². The third-order valence-electron chi connectivity index (χ3n) is 7.30. The first-order valence-electron chi connectivity index (χ1n) is 11.7. The van der Waals surface area contributed by atoms with Crippen molar-refractivity contribution in [3.05, 3.63) is 47.4 Å². The summed E-state index contributed by atoms with van der Waals surface area (Å²) in [6, 6.07) is 2.07. The fourth-order valence-electron chi connectivity index (χ4n) is 5.36.